The Labute approximate surface area is 254 Å². The lowest BCUT2D eigenvalue weighted by Gasteiger charge is -2.36. The molecular weight excluding hydrogens is 601 g/mol. The van der Waals surface area contributed by atoms with Crippen LogP contribution in [0.5, 0.6) is 5.75 Å². The minimum absolute atomic E-state index is 0.132. The summed E-state index contributed by atoms with van der Waals surface area (Å²) in [5, 5.41) is 0. The van der Waals surface area contributed by atoms with Crippen LogP contribution in [-0.4, -0.2) is 47.3 Å². The number of hydrogen-bond donors (Lipinski definition) is 1. The van der Waals surface area contributed by atoms with Crippen molar-refractivity contribution in [1.29, 1.82) is 0 Å². The zero-order valence-corrected chi connectivity index (χ0v) is 24.6. The van der Waals surface area contributed by atoms with Crippen molar-refractivity contribution in [2.24, 2.45) is 5.73 Å². The molecule has 3 heterocycles. The summed E-state index contributed by atoms with van der Waals surface area (Å²) in [6, 6.07) is 11.6. The van der Waals surface area contributed by atoms with Crippen LogP contribution in [0.1, 0.15) is 34.4 Å². The molecular formula is C31H32F5N5O4. The molecule has 0 spiro atoms. The van der Waals surface area contributed by atoms with E-state index in [1.165, 1.54) is 26.2 Å². The van der Waals surface area contributed by atoms with Gasteiger partial charge in [0.25, 0.3) is 5.56 Å². The van der Waals surface area contributed by atoms with Gasteiger partial charge in [0, 0.05) is 43.0 Å². The highest BCUT2D eigenvalue weighted by atomic mass is 19.4. The number of alkyl halides is 3. The third-order valence-electron chi connectivity index (χ3n) is 7.96. The van der Waals surface area contributed by atoms with Gasteiger partial charge < -0.3 is 19.8 Å². The number of benzene rings is 2. The van der Waals surface area contributed by atoms with E-state index in [9.17, 15) is 31.5 Å². The SMILES string of the molecule is COc1ccccc1[C@@H](N)Cn1c(=O)c(N2CCN(Cc3ccc(C(F)(F)F)o3)CC2)c(C)n(Cc2c(F)cccc2F)c1=O. The molecule has 0 aliphatic carbocycles. The summed E-state index contributed by atoms with van der Waals surface area (Å²) in [5.74, 6) is -2.14. The molecule has 9 nitrogen and oxygen atoms in total. The molecule has 4 aromatic rings. The van der Waals surface area contributed by atoms with E-state index in [4.69, 9.17) is 14.9 Å². The second-order valence-electron chi connectivity index (χ2n) is 10.8. The molecule has 14 heteroatoms. The highest BCUT2D eigenvalue weighted by molar-refractivity contribution is 5.50. The Balaban J connectivity index is 1.48. The fourth-order valence-electron chi connectivity index (χ4n) is 5.57. The van der Waals surface area contributed by atoms with Gasteiger partial charge in [-0.1, -0.05) is 24.3 Å². The van der Waals surface area contributed by atoms with E-state index in [-0.39, 0.29) is 48.9 Å². The first-order valence-corrected chi connectivity index (χ1v) is 14.2. The number of halogens is 5. The molecule has 1 atom stereocenters. The first-order chi connectivity index (χ1) is 21.4. The maximum atomic E-state index is 14.7. The summed E-state index contributed by atoms with van der Waals surface area (Å²) in [5.41, 5.74) is 5.65. The third kappa shape index (κ3) is 6.66. The topological polar surface area (TPSA) is 98.9 Å². The Hall–Kier alpha value is -4.43. The second kappa shape index (κ2) is 12.9. The predicted octanol–water partition coefficient (Wildman–Crippen LogP) is 4.29. The molecule has 1 fully saturated rings. The van der Waals surface area contributed by atoms with E-state index in [1.807, 2.05) is 4.90 Å². The van der Waals surface area contributed by atoms with Gasteiger partial charge in [0.2, 0.25) is 5.76 Å². The van der Waals surface area contributed by atoms with Crippen LogP contribution >= 0.6 is 0 Å². The van der Waals surface area contributed by atoms with Gasteiger partial charge in [-0.25, -0.2) is 13.6 Å². The van der Waals surface area contributed by atoms with E-state index in [0.717, 1.165) is 27.3 Å². The maximum absolute atomic E-state index is 14.7. The van der Waals surface area contributed by atoms with Gasteiger partial charge >= 0.3 is 11.9 Å². The molecule has 0 amide bonds. The van der Waals surface area contributed by atoms with Crippen LogP contribution in [0.3, 0.4) is 0 Å². The number of ether oxygens (including phenoxy) is 1. The van der Waals surface area contributed by atoms with Crippen LogP contribution in [0.4, 0.5) is 27.6 Å². The number of methoxy groups -OCH3 is 1. The van der Waals surface area contributed by atoms with Crippen LogP contribution in [-0.2, 0) is 25.8 Å². The number of nitrogens with two attached hydrogens (primary N) is 1. The summed E-state index contributed by atoms with van der Waals surface area (Å²) in [4.78, 5) is 31.4. The summed E-state index contributed by atoms with van der Waals surface area (Å²) < 4.78 is 80.7. The molecule has 2 aromatic carbocycles. The monoisotopic (exact) mass is 633 g/mol. The van der Waals surface area contributed by atoms with Gasteiger partial charge in [-0.2, -0.15) is 13.2 Å². The van der Waals surface area contributed by atoms with E-state index in [1.54, 1.807) is 29.2 Å². The summed E-state index contributed by atoms with van der Waals surface area (Å²) >= 11 is 0. The molecule has 240 valence electrons. The van der Waals surface area contributed by atoms with Crippen molar-refractivity contribution in [3.05, 3.63) is 115 Å². The van der Waals surface area contributed by atoms with Gasteiger partial charge in [-0.3, -0.25) is 18.8 Å². The van der Waals surface area contributed by atoms with E-state index < -0.39 is 47.4 Å². The quantitative estimate of drug-likeness (QED) is 0.275. The Morgan fingerprint density at radius 3 is 2.20 bits per heavy atom. The summed E-state index contributed by atoms with van der Waals surface area (Å²) in [6.07, 6.45) is -4.59. The zero-order chi connectivity index (χ0) is 32.5. The lowest BCUT2D eigenvalue weighted by Crippen LogP contribution is -2.51. The van der Waals surface area contributed by atoms with E-state index in [2.05, 4.69) is 0 Å². The van der Waals surface area contributed by atoms with Crippen molar-refractivity contribution in [3.63, 3.8) is 0 Å². The molecule has 2 aromatic heterocycles. The van der Waals surface area contributed by atoms with Crippen molar-refractivity contribution < 1.29 is 31.1 Å². The van der Waals surface area contributed by atoms with Gasteiger partial charge in [0.15, 0.2) is 0 Å². The molecule has 0 unspecified atom stereocenters. The normalized spacial score (nSPS) is 15.0. The van der Waals surface area contributed by atoms with Gasteiger partial charge in [0.05, 0.1) is 32.8 Å². The van der Waals surface area contributed by atoms with Crippen molar-refractivity contribution >= 4 is 5.69 Å². The highest BCUT2D eigenvalue weighted by Gasteiger charge is 2.35. The van der Waals surface area contributed by atoms with E-state index >= 15 is 0 Å². The van der Waals surface area contributed by atoms with Crippen LogP contribution in [0.25, 0.3) is 0 Å². The number of hydrogen-bond acceptors (Lipinski definition) is 7. The predicted molar refractivity (Wildman–Crippen MR) is 156 cm³/mol. The molecule has 0 saturated carbocycles. The van der Waals surface area contributed by atoms with Gasteiger partial charge in [0.1, 0.15) is 28.8 Å². The number of piperazine rings is 1. The maximum Gasteiger partial charge on any atom is 0.449 e. The Bertz CT molecular complexity index is 1770. The lowest BCUT2D eigenvalue weighted by molar-refractivity contribution is -0.153. The number of furan rings is 1. The number of nitrogens with zero attached hydrogens (tertiary/aromatic N) is 4. The van der Waals surface area contributed by atoms with Crippen molar-refractivity contribution in [2.45, 2.75) is 38.8 Å². The lowest BCUT2D eigenvalue weighted by atomic mass is 10.1. The fraction of sp³-hybridized carbons (Fsp3) is 0.355. The number of anilines is 1. The van der Waals surface area contributed by atoms with Crippen LogP contribution < -0.4 is 26.6 Å². The summed E-state index contributed by atoms with van der Waals surface area (Å²) in [6.45, 7) is 2.25. The van der Waals surface area contributed by atoms with Gasteiger partial charge in [-0.15, -0.1) is 0 Å². The Morgan fingerprint density at radius 1 is 0.911 bits per heavy atom. The second-order valence-corrected chi connectivity index (χ2v) is 10.8. The molecule has 0 bridgehead atoms. The molecule has 5 rings (SSSR count). The number of rotatable bonds is 9. The smallest absolute Gasteiger partial charge is 0.449 e. The average molecular weight is 634 g/mol. The molecule has 2 N–H and O–H groups in total. The van der Waals surface area contributed by atoms with Crippen molar-refractivity contribution in [2.75, 3.05) is 38.2 Å². The summed E-state index contributed by atoms with van der Waals surface area (Å²) in [7, 11) is 1.47. The van der Waals surface area contributed by atoms with Gasteiger partial charge in [-0.05, 0) is 37.3 Å². The first-order valence-electron chi connectivity index (χ1n) is 14.2. The standard InChI is InChI=1S/C31H32F5N5O4/c1-19-28(39-14-12-38(13-15-39)16-20-10-11-27(45-20)31(34,35)36)29(42)41(18-25(37)21-6-3-4-9-26(21)44-2)30(43)40(19)17-22-23(32)7-5-8-24(22)33/h3-11,25H,12-18,37H2,1-2H3/t25-/m0/s1. The molecule has 45 heavy (non-hydrogen) atoms. The van der Waals surface area contributed by atoms with Crippen LogP contribution in [0.15, 0.2) is 68.6 Å². The molecule has 1 saturated heterocycles. The first kappa shape index (κ1) is 32.0. The molecule has 1 aliphatic heterocycles. The number of aromatic nitrogens is 2. The van der Waals surface area contributed by atoms with E-state index in [0.29, 0.717) is 24.4 Å². The third-order valence-corrected chi connectivity index (χ3v) is 7.96. The van der Waals surface area contributed by atoms with Crippen molar-refractivity contribution in [3.8, 4) is 5.75 Å². The van der Waals surface area contributed by atoms with Crippen molar-refractivity contribution in [1.82, 2.24) is 14.0 Å². The zero-order valence-electron chi connectivity index (χ0n) is 24.6. The minimum Gasteiger partial charge on any atom is -0.496 e. The Morgan fingerprint density at radius 2 is 1.58 bits per heavy atom. The van der Waals surface area contributed by atoms with Crippen LogP contribution in [0.2, 0.25) is 0 Å². The largest absolute Gasteiger partial charge is 0.496 e. The Kier molecular flexibility index (Phi) is 9.16. The fourth-order valence-corrected chi connectivity index (χ4v) is 5.57. The average Bonchev–Trinajstić information content (AvgIpc) is 3.49. The minimum atomic E-state index is -4.59. The molecule has 1 aliphatic rings. The highest BCUT2D eigenvalue weighted by Crippen LogP contribution is 2.31. The molecule has 0 radical (unpaired) electrons. The number of para-hydroxylation sites is 1. The van der Waals surface area contributed by atoms with Crippen LogP contribution in [0, 0.1) is 18.6 Å².